The lowest BCUT2D eigenvalue weighted by atomic mass is 9.77. The number of hydrogen-bond acceptors (Lipinski definition) is 8. The summed E-state index contributed by atoms with van der Waals surface area (Å²) in [6.07, 6.45) is 0. The molecule has 0 amide bonds. The van der Waals surface area contributed by atoms with Gasteiger partial charge in [0.25, 0.3) is 0 Å². The van der Waals surface area contributed by atoms with Crippen LogP contribution in [-0.4, -0.2) is 31.1 Å². The highest BCUT2D eigenvalue weighted by Crippen LogP contribution is 2.36. The summed E-state index contributed by atoms with van der Waals surface area (Å²) in [5.74, 6) is 0.354. The molecular weight excluding hydrogens is 420 g/mol. The molecule has 2 aromatic carbocycles. The van der Waals surface area contributed by atoms with E-state index in [0.717, 1.165) is 25.3 Å². The Morgan fingerprint density at radius 3 is 1.31 bits per heavy atom. The SMILES string of the molecule is COS(=O)(=O)Oc1ccc(C(C)(C)c2ccc(OS(=O)(=O)OC)c(C)c2)cc1C. The molecule has 0 bridgehead atoms. The van der Waals surface area contributed by atoms with Crippen molar-refractivity contribution >= 4 is 20.8 Å². The smallest absolute Gasteiger partial charge is 0.361 e. The third-order valence-corrected chi connectivity index (χ3v) is 6.17. The molecule has 0 radical (unpaired) electrons. The van der Waals surface area contributed by atoms with Gasteiger partial charge in [-0.15, -0.1) is 0 Å². The Labute approximate surface area is 172 Å². The molecule has 0 heterocycles. The molecule has 0 N–H and O–H groups in total. The van der Waals surface area contributed by atoms with Gasteiger partial charge in [-0.05, 0) is 48.2 Å². The lowest BCUT2D eigenvalue weighted by Crippen LogP contribution is -2.20. The van der Waals surface area contributed by atoms with Crippen molar-refractivity contribution < 1.29 is 33.6 Å². The molecule has 0 aliphatic rings. The Balaban J connectivity index is 2.37. The summed E-state index contributed by atoms with van der Waals surface area (Å²) in [6, 6.07) is 10.3. The Bertz CT molecular complexity index is 1020. The van der Waals surface area contributed by atoms with Crippen molar-refractivity contribution in [3.05, 3.63) is 58.7 Å². The monoisotopic (exact) mass is 444 g/mol. The van der Waals surface area contributed by atoms with E-state index in [9.17, 15) is 16.8 Å². The van der Waals surface area contributed by atoms with Crippen molar-refractivity contribution in [2.75, 3.05) is 14.2 Å². The summed E-state index contributed by atoms with van der Waals surface area (Å²) in [6.45, 7) is 7.46. The lowest BCUT2D eigenvalue weighted by Gasteiger charge is -2.27. The molecule has 2 aromatic rings. The van der Waals surface area contributed by atoms with Gasteiger partial charge in [-0.1, -0.05) is 38.1 Å². The molecule has 160 valence electrons. The Morgan fingerprint density at radius 1 is 0.690 bits per heavy atom. The van der Waals surface area contributed by atoms with E-state index in [4.69, 9.17) is 8.37 Å². The van der Waals surface area contributed by atoms with E-state index >= 15 is 0 Å². The minimum Gasteiger partial charge on any atom is -0.361 e. The Kier molecular flexibility index (Phi) is 6.63. The maximum atomic E-state index is 11.5. The Morgan fingerprint density at radius 2 is 1.03 bits per heavy atom. The van der Waals surface area contributed by atoms with E-state index in [1.807, 2.05) is 26.0 Å². The van der Waals surface area contributed by atoms with Gasteiger partial charge in [0.2, 0.25) is 0 Å². The van der Waals surface area contributed by atoms with Crippen molar-refractivity contribution in [1.29, 1.82) is 0 Å². The van der Waals surface area contributed by atoms with Gasteiger partial charge in [0.15, 0.2) is 0 Å². The molecule has 0 atom stereocenters. The van der Waals surface area contributed by atoms with Gasteiger partial charge < -0.3 is 8.37 Å². The maximum absolute atomic E-state index is 11.5. The third kappa shape index (κ3) is 5.47. The molecule has 0 aromatic heterocycles. The van der Waals surface area contributed by atoms with E-state index < -0.39 is 26.2 Å². The second-order valence-electron chi connectivity index (χ2n) is 6.90. The highest BCUT2D eigenvalue weighted by atomic mass is 32.3. The van der Waals surface area contributed by atoms with Gasteiger partial charge >= 0.3 is 20.8 Å². The van der Waals surface area contributed by atoms with Gasteiger partial charge in [-0.2, -0.15) is 16.8 Å². The lowest BCUT2D eigenvalue weighted by molar-refractivity contribution is 0.328. The van der Waals surface area contributed by atoms with Crippen LogP contribution in [0.1, 0.15) is 36.1 Å². The predicted molar refractivity (Wildman–Crippen MR) is 108 cm³/mol. The van der Waals surface area contributed by atoms with Crippen molar-refractivity contribution in [1.82, 2.24) is 0 Å². The number of benzene rings is 2. The summed E-state index contributed by atoms with van der Waals surface area (Å²) < 4.78 is 64.5. The van der Waals surface area contributed by atoms with E-state index in [2.05, 4.69) is 8.37 Å². The summed E-state index contributed by atoms with van der Waals surface area (Å²) in [4.78, 5) is 0. The molecule has 0 saturated carbocycles. The van der Waals surface area contributed by atoms with E-state index in [1.54, 1.807) is 38.1 Å². The molecule has 0 saturated heterocycles. The van der Waals surface area contributed by atoms with Gasteiger partial charge in [-0.25, -0.2) is 8.37 Å². The molecule has 10 heteroatoms. The molecular formula is C19H24O8S2. The molecule has 0 spiro atoms. The van der Waals surface area contributed by atoms with Gasteiger partial charge in [0, 0.05) is 5.41 Å². The number of hydrogen-bond donors (Lipinski definition) is 0. The van der Waals surface area contributed by atoms with E-state index in [1.165, 1.54) is 0 Å². The van der Waals surface area contributed by atoms with Crippen LogP contribution in [0.25, 0.3) is 0 Å². The fourth-order valence-corrected chi connectivity index (χ4v) is 3.67. The zero-order chi connectivity index (χ0) is 22.0. The van der Waals surface area contributed by atoms with Crippen LogP contribution in [0.2, 0.25) is 0 Å². The molecule has 0 aliphatic carbocycles. The van der Waals surface area contributed by atoms with Crippen LogP contribution in [0.3, 0.4) is 0 Å². The minimum absolute atomic E-state index is 0.177. The van der Waals surface area contributed by atoms with Gasteiger partial charge in [-0.3, -0.25) is 0 Å². The summed E-state index contributed by atoms with van der Waals surface area (Å²) in [5, 5.41) is 0. The summed E-state index contributed by atoms with van der Waals surface area (Å²) in [7, 11) is -6.15. The fraction of sp³-hybridized carbons (Fsp3) is 0.368. The van der Waals surface area contributed by atoms with Crippen molar-refractivity contribution in [2.45, 2.75) is 33.1 Å². The largest absolute Gasteiger partial charge is 0.448 e. The molecule has 2 rings (SSSR count). The minimum atomic E-state index is -4.10. The first-order valence-electron chi connectivity index (χ1n) is 8.53. The van der Waals surface area contributed by atoms with Crippen molar-refractivity contribution in [3.63, 3.8) is 0 Å². The van der Waals surface area contributed by atoms with Gasteiger partial charge in [0.05, 0.1) is 14.2 Å². The average Bonchev–Trinajstić information content (AvgIpc) is 2.64. The van der Waals surface area contributed by atoms with E-state index in [0.29, 0.717) is 11.1 Å². The summed E-state index contributed by atoms with van der Waals surface area (Å²) >= 11 is 0. The van der Waals surface area contributed by atoms with Gasteiger partial charge in [0.1, 0.15) is 11.5 Å². The van der Waals surface area contributed by atoms with Crippen LogP contribution in [0.5, 0.6) is 11.5 Å². The number of rotatable bonds is 8. The zero-order valence-electron chi connectivity index (χ0n) is 17.0. The third-order valence-electron chi connectivity index (χ3n) is 4.59. The first-order chi connectivity index (χ1) is 13.3. The standard InChI is InChI=1S/C19H24O8S2/c1-13-11-15(7-9-17(13)26-28(20,21)24-5)19(3,4)16-8-10-18(14(2)12-16)27-29(22,23)25-6/h7-12H,1-6H3. The molecule has 0 fully saturated rings. The quantitative estimate of drug-likeness (QED) is 0.611. The molecule has 0 unspecified atom stereocenters. The van der Waals surface area contributed by atoms with Crippen LogP contribution in [-0.2, 0) is 34.6 Å². The predicted octanol–water partition coefficient (Wildman–Crippen LogP) is 3.17. The molecule has 8 nitrogen and oxygen atoms in total. The Hall–Kier alpha value is -2.14. The van der Waals surface area contributed by atoms with Crippen LogP contribution in [0.4, 0.5) is 0 Å². The maximum Gasteiger partial charge on any atom is 0.448 e. The average molecular weight is 445 g/mol. The van der Waals surface area contributed by atoms with Crippen LogP contribution in [0, 0.1) is 13.8 Å². The van der Waals surface area contributed by atoms with Crippen LogP contribution in [0.15, 0.2) is 36.4 Å². The fourth-order valence-electron chi connectivity index (χ4n) is 2.72. The topological polar surface area (TPSA) is 105 Å². The highest BCUT2D eigenvalue weighted by Gasteiger charge is 2.26. The van der Waals surface area contributed by atoms with Crippen molar-refractivity contribution in [2.24, 2.45) is 0 Å². The number of aryl methyl sites for hydroxylation is 2. The molecule has 0 aliphatic heterocycles. The second kappa shape index (κ2) is 8.31. The normalized spacial score (nSPS) is 12.6. The first-order valence-corrected chi connectivity index (χ1v) is 11.2. The second-order valence-corrected chi connectivity index (χ2v) is 9.54. The van der Waals surface area contributed by atoms with Crippen LogP contribution >= 0.6 is 0 Å². The first kappa shape index (κ1) is 23.1. The van der Waals surface area contributed by atoms with E-state index in [-0.39, 0.29) is 11.5 Å². The highest BCUT2D eigenvalue weighted by molar-refractivity contribution is 7.82. The summed E-state index contributed by atoms with van der Waals surface area (Å²) in [5.41, 5.74) is 2.61. The van der Waals surface area contributed by atoms with Crippen molar-refractivity contribution in [3.8, 4) is 11.5 Å². The zero-order valence-corrected chi connectivity index (χ0v) is 18.7. The van der Waals surface area contributed by atoms with Crippen LogP contribution < -0.4 is 8.37 Å². The molecule has 29 heavy (non-hydrogen) atoms.